The summed E-state index contributed by atoms with van der Waals surface area (Å²) in [5, 5.41) is 18.8. The van der Waals surface area contributed by atoms with E-state index < -0.39 is 23.8 Å². The smallest absolute Gasteiger partial charge is 0.416 e. The van der Waals surface area contributed by atoms with E-state index in [-0.39, 0.29) is 42.8 Å². The number of aliphatic hydroxyl groups excluding tert-OH is 1. The molecule has 32 heavy (non-hydrogen) atoms. The van der Waals surface area contributed by atoms with Crippen molar-refractivity contribution in [3.05, 3.63) is 66.3 Å². The molecular weight excluding hydrogens is 425 g/mol. The molecule has 0 unspecified atom stereocenters. The number of carbonyl (C=O) groups excluding carboxylic acids is 1. The fourth-order valence-electron chi connectivity index (χ4n) is 3.48. The van der Waals surface area contributed by atoms with Crippen molar-refractivity contribution in [2.45, 2.75) is 44.4 Å². The summed E-state index contributed by atoms with van der Waals surface area (Å²) in [5.41, 5.74) is -0.0961. The van der Waals surface area contributed by atoms with Crippen molar-refractivity contribution < 1.29 is 37.7 Å². The molecule has 174 valence electrons. The molecule has 5 nitrogen and oxygen atoms in total. The second-order valence-corrected chi connectivity index (χ2v) is 7.72. The molecule has 1 aliphatic carbocycles. The molecule has 0 radical (unpaired) electrons. The number of rotatable bonds is 11. The second kappa shape index (κ2) is 11.7. The SMILES string of the molecule is C=C1CC(=O)[C@H](C/C=C\CCCC(=O)O)[C@H]1/C=C/[C@@H](O)COc1cccc(C(F)(F)F)c1. The van der Waals surface area contributed by atoms with Gasteiger partial charge in [-0.15, -0.1) is 0 Å². The van der Waals surface area contributed by atoms with Crippen molar-refractivity contribution >= 4 is 11.8 Å². The molecule has 8 heteroatoms. The van der Waals surface area contributed by atoms with Gasteiger partial charge in [0.1, 0.15) is 24.2 Å². The van der Waals surface area contributed by atoms with Crippen molar-refractivity contribution in [2.75, 3.05) is 6.61 Å². The van der Waals surface area contributed by atoms with Gasteiger partial charge in [0, 0.05) is 24.7 Å². The number of unbranched alkanes of at least 4 members (excludes halogenated alkanes) is 1. The monoisotopic (exact) mass is 452 g/mol. The summed E-state index contributed by atoms with van der Waals surface area (Å²) in [7, 11) is 0. The second-order valence-electron chi connectivity index (χ2n) is 7.72. The molecule has 0 spiro atoms. The minimum Gasteiger partial charge on any atom is -0.491 e. The highest BCUT2D eigenvalue weighted by Gasteiger charge is 2.35. The van der Waals surface area contributed by atoms with Gasteiger partial charge >= 0.3 is 12.1 Å². The number of hydrogen-bond donors (Lipinski definition) is 2. The van der Waals surface area contributed by atoms with Crippen molar-refractivity contribution in [1.82, 2.24) is 0 Å². The first-order chi connectivity index (χ1) is 15.1. The molecule has 1 aromatic carbocycles. The highest BCUT2D eigenvalue weighted by molar-refractivity contribution is 5.87. The van der Waals surface area contributed by atoms with E-state index >= 15 is 0 Å². The van der Waals surface area contributed by atoms with Gasteiger partial charge in [-0.3, -0.25) is 9.59 Å². The number of carboxylic acids is 1. The summed E-state index contributed by atoms with van der Waals surface area (Å²) >= 11 is 0. The summed E-state index contributed by atoms with van der Waals surface area (Å²) in [6, 6.07) is 4.41. The number of ether oxygens (including phenoxy) is 1. The van der Waals surface area contributed by atoms with Crippen molar-refractivity contribution in [3.63, 3.8) is 0 Å². The Kier molecular flexibility index (Phi) is 9.26. The number of aliphatic carboxylic acids is 1. The summed E-state index contributed by atoms with van der Waals surface area (Å²) in [4.78, 5) is 22.8. The molecule has 0 aliphatic heterocycles. The Hall–Kier alpha value is -2.87. The lowest BCUT2D eigenvalue weighted by Crippen LogP contribution is -2.17. The highest BCUT2D eigenvalue weighted by Crippen LogP contribution is 2.36. The van der Waals surface area contributed by atoms with Crippen LogP contribution in [0.2, 0.25) is 0 Å². The van der Waals surface area contributed by atoms with Gasteiger partial charge in [-0.05, 0) is 37.5 Å². The Bertz CT molecular complexity index is 873. The van der Waals surface area contributed by atoms with Gasteiger partial charge < -0.3 is 14.9 Å². The lowest BCUT2D eigenvalue weighted by molar-refractivity contribution is -0.138. The lowest BCUT2D eigenvalue weighted by atomic mass is 9.89. The molecule has 1 aromatic rings. The number of carbonyl (C=O) groups is 2. The third-order valence-corrected chi connectivity index (χ3v) is 5.16. The van der Waals surface area contributed by atoms with Gasteiger partial charge in [0.15, 0.2) is 0 Å². The van der Waals surface area contributed by atoms with Crippen LogP contribution in [0.1, 0.15) is 37.7 Å². The molecule has 1 aliphatic rings. The Morgan fingerprint density at radius 3 is 2.75 bits per heavy atom. The Balaban J connectivity index is 1.89. The third kappa shape index (κ3) is 8.00. The topological polar surface area (TPSA) is 83.8 Å². The van der Waals surface area contributed by atoms with Crippen LogP contribution >= 0.6 is 0 Å². The standard InChI is InChI=1S/C24H27F3O5/c1-16-13-22(29)21(9-4-2-3-5-10-23(30)31)20(16)12-11-18(28)15-32-19-8-6-7-17(14-19)24(25,26)27/h2,4,6-8,11-12,14,18,20-21,28H,1,3,5,9-10,13,15H2,(H,30,31)/b4-2-,12-11+/t18-,20+,21-/m1/s1. The molecule has 0 amide bonds. The minimum absolute atomic E-state index is 0.00126. The predicted molar refractivity (Wildman–Crippen MR) is 113 cm³/mol. The molecular formula is C24H27F3O5. The van der Waals surface area contributed by atoms with E-state index in [4.69, 9.17) is 9.84 Å². The first-order valence-electron chi connectivity index (χ1n) is 10.3. The van der Waals surface area contributed by atoms with E-state index in [0.29, 0.717) is 19.3 Å². The van der Waals surface area contributed by atoms with Gasteiger partial charge in [0.25, 0.3) is 0 Å². The van der Waals surface area contributed by atoms with Gasteiger partial charge in [0.2, 0.25) is 0 Å². The van der Waals surface area contributed by atoms with E-state index in [9.17, 15) is 27.9 Å². The number of ketones is 1. The summed E-state index contributed by atoms with van der Waals surface area (Å²) in [6.45, 7) is 3.70. The molecule has 2 N–H and O–H groups in total. The van der Waals surface area contributed by atoms with Crippen molar-refractivity contribution in [1.29, 1.82) is 0 Å². The maximum atomic E-state index is 12.8. The van der Waals surface area contributed by atoms with E-state index in [1.165, 1.54) is 18.2 Å². The number of halogens is 3. The zero-order valence-electron chi connectivity index (χ0n) is 17.6. The quantitative estimate of drug-likeness (QED) is 0.366. The van der Waals surface area contributed by atoms with Crippen LogP contribution in [-0.4, -0.2) is 34.7 Å². The van der Waals surface area contributed by atoms with Crippen LogP contribution in [0, 0.1) is 11.8 Å². The minimum atomic E-state index is -4.48. The molecule has 1 saturated carbocycles. The molecule has 2 rings (SSSR count). The molecule has 0 heterocycles. The molecule has 0 saturated heterocycles. The normalized spacial score (nSPS) is 20.4. The molecule has 3 atom stereocenters. The third-order valence-electron chi connectivity index (χ3n) is 5.16. The number of alkyl halides is 3. The van der Waals surface area contributed by atoms with E-state index in [1.54, 1.807) is 6.08 Å². The van der Waals surface area contributed by atoms with Crippen LogP contribution < -0.4 is 4.74 Å². The highest BCUT2D eigenvalue weighted by atomic mass is 19.4. The first-order valence-corrected chi connectivity index (χ1v) is 10.3. The van der Waals surface area contributed by atoms with Gasteiger partial charge in [-0.25, -0.2) is 0 Å². The van der Waals surface area contributed by atoms with E-state index in [2.05, 4.69) is 6.58 Å². The summed E-state index contributed by atoms with van der Waals surface area (Å²) in [5.74, 6) is -1.37. The zero-order chi connectivity index (χ0) is 23.7. The Morgan fingerprint density at radius 2 is 2.06 bits per heavy atom. The van der Waals surface area contributed by atoms with E-state index in [1.807, 2.05) is 12.2 Å². The first kappa shape index (κ1) is 25.4. The van der Waals surface area contributed by atoms with Crippen LogP contribution in [0.15, 0.2) is 60.7 Å². The summed E-state index contributed by atoms with van der Waals surface area (Å²) in [6.07, 6.45) is 3.29. The largest absolute Gasteiger partial charge is 0.491 e. The number of allylic oxidation sites excluding steroid dienone is 4. The number of aliphatic hydroxyl groups is 1. The molecule has 0 bridgehead atoms. The zero-order valence-corrected chi connectivity index (χ0v) is 17.6. The maximum Gasteiger partial charge on any atom is 0.416 e. The fourth-order valence-corrected chi connectivity index (χ4v) is 3.48. The summed E-state index contributed by atoms with van der Waals surface area (Å²) < 4.78 is 43.6. The number of Topliss-reactive ketones (excluding diaryl/α,β-unsaturated/α-hetero) is 1. The van der Waals surface area contributed by atoms with Gasteiger partial charge in [-0.1, -0.05) is 42.5 Å². The lowest BCUT2D eigenvalue weighted by Gasteiger charge is -2.15. The predicted octanol–water partition coefficient (Wildman–Crippen LogP) is 4.96. The van der Waals surface area contributed by atoms with Crippen LogP contribution in [-0.2, 0) is 15.8 Å². The van der Waals surface area contributed by atoms with Crippen LogP contribution in [0.4, 0.5) is 13.2 Å². The molecule has 1 fully saturated rings. The van der Waals surface area contributed by atoms with Crippen LogP contribution in [0.25, 0.3) is 0 Å². The Labute approximate surface area is 184 Å². The number of hydrogen-bond acceptors (Lipinski definition) is 4. The average Bonchev–Trinajstić information content (AvgIpc) is 2.99. The average molecular weight is 452 g/mol. The van der Waals surface area contributed by atoms with Crippen molar-refractivity contribution in [2.24, 2.45) is 11.8 Å². The Morgan fingerprint density at radius 1 is 1.31 bits per heavy atom. The van der Waals surface area contributed by atoms with Gasteiger partial charge in [-0.2, -0.15) is 13.2 Å². The van der Waals surface area contributed by atoms with Crippen LogP contribution in [0.3, 0.4) is 0 Å². The number of benzene rings is 1. The number of carboxylic acid groups (broad SMARTS) is 1. The van der Waals surface area contributed by atoms with Crippen molar-refractivity contribution in [3.8, 4) is 5.75 Å². The molecule has 0 aromatic heterocycles. The van der Waals surface area contributed by atoms with E-state index in [0.717, 1.165) is 17.7 Å². The fraction of sp³-hybridized carbons (Fsp3) is 0.417. The van der Waals surface area contributed by atoms with Crippen LogP contribution in [0.5, 0.6) is 5.75 Å². The van der Waals surface area contributed by atoms with Gasteiger partial charge in [0.05, 0.1) is 5.56 Å². The maximum absolute atomic E-state index is 12.8.